The van der Waals surface area contributed by atoms with Crippen molar-refractivity contribution < 1.29 is 24.2 Å². The first kappa shape index (κ1) is 20.0. The molecule has 2 N–H and O–H groups in total. The molecular formula is C21H23NO5. The van der Waals surface area contributed by atoms with E-state index in [-0.39, 0.29) is 18.3 Å². The van der Waals surface area contributed by atoms with Crippen LogP contribution >= 0.6 is 0 Å². The van der Waals surface area contributed by atoms with Crippen molar-refractivity contribution in [3.8, 4) is 11.5 Å². The minimum atomic E-state index is -0.644. The van der Waals surface area contributed by atoms with Crippen molar-refractivity contribution >= 4 is 23.6 Å². The Hall–Kier alpha value is -3.28. The first-order valence-electron chi connectivity index (χ1n) is 8.51. The van der Waals surface area contributed by atoms with Crippen LogP contribution in [0.3, 0.4) is 0 Å². The van der Waals surface area contributed by atoms with Crippen LogP contribution in [0.1, 0.15) is 30.9 Å². The van der Waals surface area contributed by atoms with E-state index in [1.165, 1.54) is 25.3 Å². The van der Waals surface area contributed by atoms with Crippen molar-refractivity contribution in [2.75, 3.05) is 19.0 Å². The molecule has 0 radical (unpaired) electrons. The molecule has 2 rings (SSSR count). The lowest BCUT2D eigenvalue weighted by Crippen LogP contribution is -2.21. The van der Waals surface area contributed by atoms with Gasteiger partial charge in [-0.15, -0.1) is 0 Å². The monoisotopic (exact) mass is 369 g/mol. The molecule has 0 unspecified atom stereocenters. The van der Waals surface area contributed by atoms with E-state index in [4.69, 9.17) is 9.47 Å². The highest BCUT2D eigenvalue weighted by Crippen LogP contribution is 2.26. The number of hydrogen-bond donors (Lipinski definition) is 2. The molecule has 1 amide bonds. The number of amides is 1. The number of ether oxygens (including phenoxy) is 2. The summed E-state index contributed by atoms with van der Waals surface area (Å²) < 4.78 is 9.96. The molecule has 0 aromatic heterocycles. The quantitative estimate of drug-likeness (QED) is 0.574. The van der Waals surface area contributed by atoms with Gasteiger partial charge in [-0.25, -0.2) is 4.79 Å². The summed E-state index contributed by atoms with van der Waals surface area (Å²) in [5, 5.41) is 12.3. The van der Waals surface area contributed by atoms with Crippen LogP contribution in [0.4, 0.5) is 5.69 Å². The van der Waals surface area contributed by atoms with Crippen LogP contribution < -0.4 is 10.1 Å². The molecule has 142 valence electrons. The molecule has 0 bridgehead atoms. The summed E-state index contributed by atoms with van der Waals surface area (Å²) in [4.78, 5) is 23.8. The fourth-order valence-corrected chi connectivity index (χ4v) is 2.45. The van der Waals surface area contributed by atoms with Gasteiger partial charge in [0.1, 0.15) is 0 Å². The number of benzene rings is 2. The molecule has 6 heteroatoms. The number of anilines is 1. The van der Waals surface area contributed by atoms with Gasteiger partial charge in [0.2, 0.25) is 0 Å². The summed E-state index contributed by atoms with van der Waals surface area (Å²) in [6, 6.07) is 12.2. The second-order valence-electron chi connectivity index (χ2n) is 6.16. The summed E-state index contributed by atoms with van der Waals surface area (Å²) in [5.74, 6) is -0.482. The average molecular weight is 369 g/mol. The van der Waals surface area contributed by atoms with E-state index >= 15 is 0 Å². The number of nitrogens with one attached hydrogen (secondary N) is 1. The Morgan fingerprint density at radius 1 is 1.19 bits per heavy atom. The predicted octanol–water partition coefficient (Wildman–Crippen LogP) is 3.72. The number of phenols is 1. The Kier molecular flexibility index (Phi) is 7.00. The maximum atomic E-state index is 12.0. The number of hydrogen-bond acceptors (Lipinski definition) is 5. The minimum absolute atomic E-state index is 0.00979. The fourth-order valence-electron chi connectivity index (χ4n) is 2.45. The molecule has 2 aromatic rings. The maximum absolute atomic E-state index is 12.0. The average Bonchev–Trinajstić information content (AvgIpc) is 2.66. The Morgan fingerprint density at radius 3 is 2.63 bits per heavy atom. The van der Waals surface area contributed by atoms with E-state index in [1.807, 2.05) is 38.1 Å². The third-order valence-electron chi connectivity index (χ3n) is 3.82. The Morgan fingerprint density at radius 2 is 1.93 bits per heavy atom. The number of rotatable bonds is 7. The molecule has 0 fully saturated rings. The summed E-state index contributed by atoms with van der Waals surface area (Å²) in [6.07, 6.45) is 2.72. The van der Waals surface area contributed by atoms with Gasteiger partial charge < -0.3 is 19.9 Å². The predicted molar refractivity (Wildman–Crippen MR) is 104 cm³/mol. The zero-order chi connectivity index (χ0) is 19.8. The number of aromatic hydroxyl groups is 1. The van der Waals surface area contributed by atoms with E-state index in [0.717, 1.165) is 5.56 Å². The molecule has 0 saturated carbocycles. The second-order valence-corrected chi connectivity index (χ2v) is 6.16. The summed E-state index contributed by atoms with van der Waals surface area (Å²) >= 11 is 0. The first-order chi connectivity index (χ1) is 12.9. The number of esters is 1. The highest BCUT2D eigenvalue weighted by Gasteiger charge is 2.10. The number of phenolic OH excluding ortho intramolecular Hbond substituents is 1. The lowest BCUT2D eigenvalue weighted by atomic mass is 10.0. The molecule has 0 aliphatic rings. The van der Waals surface area contributed by atoms with Crippen LogP contribution in [-0.4, -0.2) is 30.7 Å². The summed E-state index contributed by atoms with van der Waals surface area (Å²) in [5.41, 5.74) is 2.37. The van der Waals surface area contributed by atoms with E-state index in [9.17, 15) is 14.7 Å². The number of para-hydroxylation sites is 1. The number of carbonyl (C=O) groups excluding carboxylic acids is 2. The smallest absolute Gasteiger partial charge is 0.331 e. The third-order valence-corrected chi connectivity index (χ3v) is 3.82. The van der Waals surface area contributed by atoms with Crippen LogP contribution in [0.15, 0.2) is 48.5 Å². The maximum Gasteiger partial charge on any atom is 0.331 e. The molecule has 2 aromatic carbocycles. The molecule has 0 aliphatic carbocycles. The van der Waals surface area contributed by atoms with Gasteiger partial charge in [0, 0.05) is 11.8 Å². The zero-order valence-corrected chi connectivity index (χ0v) is 15.6. The molecule has 0 saturated heterocycles. The van der Waals surface area contributed by atoms with Crippen molar-refractivity contribution in [1.82, 2.24) is 0 Å². The van der Waals surface area contributed by atoms with Gasteiger partial charge in [-0.3, -0.25) is 4.79 Å². The summed E-state index contributed by atoms with van der Waals surface area (Å²) in [7, 11) is 1.44. The molecule has 0 atom stereocenters. The Balaban J connectivity index is 1.89. The summed E-state index contributed by atoms with van der Waals surface area (Å²) in [6.45, 7) is 3.69. The highest BCUT2D eigenvalue weighted by molar-refractivity contribution is 5.95. The largest absolute Gasteiger partial charge is 0.504 e. The van der Waals surface area contributed by atoms with Crippen LogP contribution in [-0.2, 0) is 14.3 Å². The van der Waals surface area contributed by atoms with Crippen molar-refractivity contribution in [2.24, 2.45) is 0 Å². The van der Waals surface area contributed by atoms with E-state index in [0.29, 0.717) is 17.0 Å². The lowest BCUT2D eigenvalue weighted by molar-refractivity contribution is -0.142. The van der Waals surface area contributed by atoms with Crippen molar-refractivity contribution in [2.45, 2.75) is 19.8 Å². The van der Waals surface area contributed by atoms with Crippen molar-refractivity contribution in [1.29, 1.82) is 0 Å². The van der Waals surface area contributed by atoms with Gasteiger partial charge in [-0.05, 0) is 41.3 Å². The third kappa shape index (κ3) is 5.88. The molecule has 0 spiro atoms. The van der Waals surface area contributed by atoms with Gasteiger partial charge in [-0.2, -0.15) is 0 Å². The van der Waals surface area contributed by atoms with Gasteiger partial charge in [0.25, 0.3) is 5.91 Å². The van der Waals surface area contributed by atoms with E-state index < -0.39 is 11.9 Å². The fraction of sp³-hybridized carbons (Fsp3) is 0.238. The topological polar surface area (TPSA) is 84.9 Å². The minimum Gasteiger partial charge on any atom is -0.504 e. The van der Waals surface area contributed by atoms with Crippen molar-refractivity contribution in [3.05, 3.63) is 59.7 Å². The number of carbonyl (C=O) groups is 2. The van der Waals surface area contributed by atoms with Gasteiger partial charge in [0.15, 0.2) is 18.1 Å². The molecule has 0 heterocycles. The molecule has 0 aliphatic heterocycles. The van der Waals surface area contributed by atoms with Gasteiger partial charge in [0.05, 0.1) is 7.11 Å². The standard InChI is InChI=1S/C21H23NO5/c1-14(2)16-6-4-5-7-17(16)22-20(24)13-27-21(25)11-9-15-8-10-18(23)19(12-15)26-3/h4-12,14,23H,13H2,1-3H3,(H,22,24). The lowest BCUT2D eigenvalue weighted by Gasteiger charge is -2.13. The van der Waals surface area contributed by atoms with Gasteiger partial charge >= 0.3 is 5.97 Å². The Bertz CT molecular complexity index is 842. The number of methoxy groups -OCH3 is 1. The van der Waals surface area contributed by atoms with Crippen molar-refractivity contribution in [3.63, 3.8) is 0 Å². The highest BCUT2D eigenvalue weighted by atomic mass is 16.5. The second kappa shape index (κ2) is 9.43. The van der Waals surface area contributed by atoms with Crippen LogP contribution in [0.5, 0.6) is 11.5 Å². The SMILES string of the molecule is COc1cc(C=CC(=O)OCC(=O)Nc2ccccc2C(C)C)ccc1O. The Labute approximate surface area is 158 Å². The van der Waals surface area contributed by atoms with E-state index in [2.05, 4.69) is 5.32 Å². The molecule has 6 nitrogen and oxygen atoms in total. The molecular weight excluding hydrogens is 346 g/mol. The normalized spacial score (nSPS) is 10.8. The van der Waals surface area contributed by atoms with Crippen LogP contribution in [0, 0.1) is 0 Å². The first-order valence-corrected chi connectivity index (χ1v) is 8.51. The van der Waals surface area contributed by atoms with Gasteiger partial charge in [-0.1, -0.05) is 38.1 Å². The van der Waals surface area contributed by atoms with Crippen LogP contribution in [0.25, 0.3) is 6.08 Å². The van der Waals surface area contributed by atoms with E-state index in [1.54, 1.807) is 12.1 Å². The molecule has 27 heavy (non-hydrogen) atoms. The van der Waals surface area contributed by atoms with Crippen LogP contribution in [0.2, 0.25) is 0 Å². The zero-order valence-electron chi connectivity index (χ0n) is 15.6.